The van der Waals surface area contributed by atoms with E-state index in [2.05, 4.69) is 29.9 Å². The molecular formula is C15H20N6S. The van der Waals surface area contributed by atoms with Gasteiger partial charge in [0.05, 0.1) is 0 Å². The first-order valence-corrected chi connectivity index (χ1v) is 9.18. The highest BCUT2D eigenvalue weighted by atomic mass is 32.1. The van der Waals surface area contributed by atoms with E-state index in [1.54, 1.807) is 11.3 Å². The van der Waals surface area contributed by atoms with Gasteiger partial charge in [0, 0.05) is 31.0 Å². The van der Waals surface area contributed by atoms with Crippen molar-refractivity contribution in [2.75, 3.05) is 18.0 Å². The Kier molecular flexibility index (Phi) is 2.96. The van der Waals surface area contributed by atoms with E-state index in [1.165, 1.54) is 36.5 Å². The lowest BCUT2D eigenvalue weighted by molar-refractivity contribution is 0.464. The molecule has 0 N–H and O–H groups in total. The van der Waals surface area contributed by atoms with E-state index in [0.29, 0.717) is 17.9 Å². The Balaban J connectivity index is 1.27. The van der Waals surface area contributed by atoms with Gasteiger partial charge in [-0.1, -0.05) is 11.3 Å². The zero-order chi connectivity index (χ0) is 14.5. The summed E-state index contributed by atoms with van der Waals surface area (Å²) >= 11 is 1.80. The molecule has 2 aliphatic carbocycles. The molecule has 0 radical (unpaired) electrons. The molecule has 2 saturated carbocycles. The number of aromatic nitrogens is 5. The van der Waals surface area contributed by atoms with Crippen LogP contribution in [0.3, 0.4) is 0 Å². The second-order valence-electron chi connectivity index (χ2n) is 6.79. The number of piperidine rings is 1. The summed E-state index contributed by atoms with van der Waals surface area (Å²) in [6.45, 7) is 2.11. The van der Waals surface area contributed by atoms with Crippen LogP contribution >= 0.6 is 11.3 Å². The van der Waals surface area contributed by atoms with Crippen LogP contribution in [-0.4, -0.2) is 38.1 Å². The molecule has 0 bridgehead atoms. The van der Waals surface area contributed by atoms with Crippen LogP contribution in [0.2, 0.25) is 0 Å². The lowest BCUT2D eigenvalue weighted by atomic mass is 9.96. The van der Waals surface area contributed by atoms with Crippen molar-refractivity contribution in [2.45, 2.75) is 56.4 Å². The van der Waals surface area contributed by atoms with Crippen LogP contribution in [0.1, 0.15) is 67.2 Å². The third-order valence-electron chi connectivity index (χ3n) is 5.03. The van der Waals surface area contributed by atoms with E-state index in [1.807, 2.05) is 6.33 Å². The largest absolute Gasteiger partial charge is 0.347 e. The maximum absolute atomic E-state index is 4.41. The molecule has 22 heavy (non-hydrogen) atoms. The second-order valence-corrected chi connectivity index (χ2v) is 7.77. The highest BCUT2D eigenvalue weighted by molar-refractivity contribution is 7.15. The van der Waals surface area contributed by atoms with Crippen LogP contribution in [0.15, 0.2) is 6.33 Å². The molecule has 0 spiro atoms. The Morgan fingerprint density at radius 2 is 1.73 bits per heavy atom. The predicted molar refractivity (Wildman–Crippen MR) is 84.4 cm³/mol. The number of nitrogens with zero attached hydrogens (tertiary/aromatic N) is 6. The van der Waals surface area contributed by atoms with Crippen LogP contribution in [0.4, 0.5) is 5.13 Å². The van der Waals surface area contributed by atoms with Gasteiger partial charge in [-0.2, -0.15) is 0 Å². The minimum Gasteiger partial charge on any atom is -0.347 e. The Morgan fingerprint density at radius 3 is 2.45 bits per heavy atom. The van der Waals surface area contributed by atoms with E-state index < -0.39 is 0 Å². The highest BCUT2D eigenvalue weighted by Crippen LogP contribution is 2.43. The fourth-order valence-electron chi connectivity index (χ4n) is 3.36. The van der Waals surface area contributed by atoms with E-state index in [-0.39, 0.29) is 0 Å². The SMILES string of the molecule is c1nnc(C2CCN(c3nnc(C4CC4)s3)CC2)n1C1CC1. The normalized spacial score (nSPS) is 23.2. The van der Waals surface area contributed by atoms with Gasteiger partial charge >= 0.3 is 0 Å². The second kappa shape index (κ2) is 5.01. The van der Waals surface area contributed by atoms with Crippen molar-refractivity contribution in [3.05, 3.63) is 17.2 Å². The summed E-state index contributed by atoms with van der Waals surface area (Å²) < 4.78 is 2.32. The lowest BCUT2D eigenvalue weighted by Crippen LogP contribution is -2.33. The third kappa shape index (κ3) is 2.31. The highest BCUT2D eigenvalue weighted by Gasteiger charge is 2.32. The topological polar surface area (TPSA) is 59.7 Å². The summed E-state index contributed by atoms with van der Waals surface area (Å²) in [5.74, 6) is 2.47. The Hall–Kier alpha value is -1.50. The molecular weight excluding hydrogens is 296 g/mol. The first-order chi connectivity index (χ1) is 10.9. The maximum Gasteiger partial charge on any atom is 0.208 e. The average Bonchev–Trinajstić information content (AvgIpc) is 3.49. The summed E-state index contributed by atoms with van der Waals surface area (Å²) in [7, 11) is 0. The van der Waals surface area contributed by atoms with Gasteiger partial charge in [-0.25, -0.2) is 0 Å². The van der Waals surface area contributed by atoms with Crippen molar-refractivity contribution < 1.29 is 0 Å². The zero-order valence-electron chi connectivity index (χ0n) is 12.6. The maximum atomic E-state index is 4.41. The van der Waals surface area contributed by atoms with Crippen molar-refractivity contribution in [3.63, 3.8) is 0 Å². The molecule has 3 aliphatic rings. The number of hydrogen-bond donors (Lipinski definition) is 0. The van der Waals surface area contributed by atoms with Crippen molar-refractivity contribution in [1.82, 2.24) is 25.0 Å². The average molecular weight is 316 g/mol. The van der Waals surface area contributed by atoms with Gasteiger partial charge in [0.15, 0.2) is 0 Å². The quantitative estimate of drug-likeness (QED) is 0.868. The number of anilines is 1. The molecule has 1 saturated heterocycles. The predicted octanol–water partition coefficient (Wildman–Crippen LogP) is 2.73. The van der Waals surface area contributed by atoms with Crippen LogP contribution in [0, 0.1) is 0 Å². The smallest absolute Gasteiger partial charge is 0.208 e. The van der Waals surface area contributed by atoms with Gasteiger partial charge in [0.2, 0.25) is 5.13 Å². The van der Waals surface area contributed by atoms with Gasteiger partial charge in [-0.05, 0) is 38.5 Å². The fourth-order valence-corrected chi connectivity index (χ4v) is 4.42. The van der Waals surface area contributed by atoms with Crippen LogP contribution in [-0.2, 0) is 0 Å². The molecule has 0 amide bonds. The van der Waals surface area contributed by atoms with Gasteiger partial charge in [-0.15, -0.1) is 20.4 Å². The summed E-state index contributed by atoms with van der Waals surface area (Å²) in [4.78, 5) is 2.40. The molecule has 5 rings (SSSR count). The van der Waals surface area contributed by atoms with Crippen LogP contribution in [0.25, 0.3) is 0 Å². The lowest BCUT2D eigenvalue weighted by Gasteiger charge is -2.31. The van der Waals surface area contributed by atoms with E-state index in [9.17, 15) is 0 Å². The standard InChI is InChI=1S/C15H20N6S/c1-2-11(1)14-18-19-15(22-14)20-7-5-10(6-8-20)13-17-16-9-21(13)12-3-4-12/h9-12H,1-8H2. The summed E-state index contributed by atoms with van der Waals surface area (Å²) in [6, 6.07) is 0.673. The molecule has 1 aliphatic heterocycles. The molecule has 6 nitrogen and oxygen atoms in total. The minimum atomic E-state index is 0.551. The Morgan fingerprint density at radius 1 is 0.909 bits per heavy atom. The van der Waals surface area contributed by atoms with Crippen molar-refractivity contribution in [3.8, 4) is 0 Å². The molecule has 0 aromatic carbocycles. The molecule has 3 heterocycles. The molecule has 7 heteroatoms. The zero-order valence-corrected chi connectivity index (χ0v) is 13.4. The van der Waals surface area contributed by atoms with Crippen LogP contribution < -0.4 is 4.90 Å². The number of hydrogen-bond acceptors (Lipinski definition) is 6. The molecule has 2 aromatic rings. The van der Waals surface area contributed by atoms with Gasteiger partial charge in [0.25, 0.3) is 0 Å². The van der Waals surface area contributed by atoms with E-state index in [4.69, 9.17) is 0 Å². The van der Waals surface area contributed by atoms with Gasteiger partial charge < -0.3 is 9.47 Å². The third-order valence-corrected chi connectivity index (χ3v) is 6.17. The van der Waals surface area contributed by atoms with Crippen molar-refractivity contribution in [2.24, 2.45) is 0 Å². The molecule has 0 unspecified atom stereocenters. The summed E-state index contributed by atoms with van der Waals surface area (Å²) in [6.07, 6.45) is 9.39. The molecule has 3 fully saturated rings. The van der Waals surface area contributed by atoms with Gasteiger partial charge in [0.1, 0.15) is 17.2 Å². The monoisotopic (exact) mass is 316 g/mol. The minimum absolute atomic E-state index is 0.551. The van der Waals surface area contributed by atoms with Crippen molar-refractivity contribution >= 4 is 16.5 Å². The molecule has 0 atom stereocenters. The van der Waals surface area contributed by atoms with Gasteiger partial charge in [-0.3, -0.25) is 0 Å². The van der Waals surface area contributed by atoms with Crippen molar-refractivity contribution in [1.29, 1.82) is 0 Å². The fraction of sp³-hybridized carbons (Fsp3) is 0.733. The summed E-state index contributed by atoms with van der Waals surface area (Å²) in [5.41, 5.74) is 0. The first-order valence-electron chi connectivity index (χ1n) is 8.36. The first kappa shape index (κ1) is 13.0. The number of rotatable bonds is 4. The Bertz CT molecular complexity index is 663. The Labute approximate surface area is 133 Å². The molecule has 116 valence electrons. The van der Waals surface area contributed by atoms with E-state index >= 15 is 0 Å². The van der Waals surface area contributed by atoms with Crippen LogP contribution in [0.5, 0.6) is 0 Å². The molecule has 2 aromatic heterocycles. The summed E-state index contributed by atoms with van der Waals surface area (Å²) in [5, 5.41) is 19.7. The van der Waals surface area contributed by atoms with E-state index in [0.717, 1.165) is 31.1 Å².